The van der Waals surface area contributed by atoms with E-state index < -0.39 is 0 Å². The predicted molar refractivity (Wildman–Crippen MR) is 202 cm³/mol. The van der Waals surface area contributed by atoms with Crippen LogP contribution >= 0.6 is 0 Å². The van der Waals surface area contributed by atoms with Gasteiger partial charge in [-0.25, -0.2) is 0 Å². The average Bonchev–Trinajstić information content (AvgIpc) is 3.41. The summed E-state index contributed by atoms with van der Waals surface area (Å²) in [4.78, 5) is 2.51. The van der Waals surface area contributed by atoms with Crippen LogP contribution in [0.5, 0.6) is 0 Å². The second-order valence-electron chi connectivity index (χ2n) is 13.9. The molecule has 0 aromatic heterocycles. The monoisotopic (exact) mass is 615 g/mol. The van der Waals surface area contributed by atoms with Gasteiger partial charge in [0.25, 0.3) is 0 Å². The fraction of sp³-hybridized carbons (Fsp3) is 0.106. The van der Waals surface area contributed by atoms with Crippen LogP contribution in [0.1, 0.15) is 48.6 Å². The van der Waals surface area contributed by atoms with Gasteiger partial charge in [0.1, 0.15) is 0 Å². The fourth-order valence-electron chi connectivity index (χ4n) is 8.34. The molecular weight excluding hydrogens is 579 g/mol. The van der Waals surface area contributed by atoms with Crippen molar-refractivity contribution >= 4 is 17.1 Å². The fourth-order valence-corrected chi connectivity index (χ4v) is 8.34. The van der Waals surface area contributed by atoms with Gasteiger partial charge in [0.15, 0.2) is 0 Å². The summed E-state index contributed by atoms with van der Waals surface area (Å²) < 4.78 is 0. The summed E-state index contributed by atoms with van der Waals surface area (Å²) >= 11 is 0. The lowest BCUT2D eigenvalue weighted by Gasteiger charge is -2.43. The molecule has 230 valence electrons. The molecule has 0 N–H and O–H groups in total. The highest BCUT2D eigenvalue weighted by molar-refractivity contribution is 5.92. The van der Waals surface area contributed by atoms with Crippen molar-refractivity contribution in [3.63, 3.8) is 0 Å². The van der Waals surface area contributed by atoms with Gasteiger partial charge < -0.3 is 4.90 Å². The van der Waals surface area contributed by atoms with Crippen LogP contribution in [0, 0.1) is 0 Å². The molecule has 1 heteroatoms. The molecular formula is C47H37N. The van der Waals surface area contributed by atoms with Crippen molar-refractivity contribution in [1.82, 2.24) is 0 Å². The van der Waals surface area contributed by atoms with Gasteiger partial charge in [-0.2, -0.15) is 0 Å². The van der Waals surface area contributed by atoms with Crippen molar-refractivity contribution < 1.29 is 0 Å². The third-order valence-corrected chi connectivity index (χ3v) is 10.9. The van der Waals surface area contributed by atoms with Crippen LogP contribution in [0.4, 0.5) is 17.1 Å². The molecule has 0 saturated carbocycles. The number of hydrogen-bond donors (Lipinski definition) is 0. The number of hydrogen-bond acceptors (Lipinski definition) is 1. The summed E-state index contributed by atoms with van der Waals surface area (Å²) in [7, 11) is 0. The van der Waals surface area contributed by atoms with E-state index in [-0.39, 0.29) is 10.8 Å². The first-order valence-electron chi connectivity index (χ1n) is 16.9. The first-order valence-corrected chi connectivity index (χ1v) is 16.9. The molecule has 1 unspecified atom stereocenters. The number of benzene rings is 7. The second kappa shape index (κ2) is 10.7. The van der Waals surface area contributed by atoms with E-state index in [1.807, 2.05) is 0 Å². The Bertz CT molecular complexity index is 2220. The minimum atomic E-state index is -0.266. The Balaban J connectivity index is 1.29. The summed E-state index contributed by atoms with van der Waals surface area (Å²) in [5.41, 5.74) is 17.4. The van der Waals surface area contributed by atoms with Gasteiger partial charge in [0, 0.05) is 16.5 Å². The molecule has 1 aliphatic carbocycles. The number of fused-ring (bicyclic) bond motifs is 5. The highest BCUT2D eigenvalue weighted by Crippen LogP contribution is 2.57. The third kappa shape index (κ3) is 4.17. The van der Waals surface area contributed by atoms with Gasteiger partial charge in [-0.15, -0.1) is 0 Å². The molecule has 0 amide bonds. The highest BCUT2D eigenvalue weighted by Gasteiger charge is 2.42. The van der Waals surface area contributed by atoms with E-state index in [9.17, 15) is 0 Å². The average molecular weight is 616 g/mol. The Morgan fingerprint density at radius 1 is 0.375 bits per heavy atom. The van der Waals surface area contributed by atoms with E-state index in [0.29, 0.717) is 0 Å². The van der Waals surface area contributed by atoms with Gasteiger partial charge in [-0.1, -0.05) is 147 Å². The third-order valence-electron chi connectivity index (χ3n) is 10.9. The maximum atomic E-state index is 2.51. The highest BCUT2D eigenvalue weighted by atomic mass is 15.2. The molecule has 7 aromatic rings. The van der Waals surface area contributed by atoms with Crippen molar-refractivity contribution in [2.45, 2.75) is 31.6 Å². The maximum absolute atomic E-state index is 2.51. The molecule has 0 fully saturated rings. The predicted octanol–water partition coefficient (Wildman–Crippen LogP) is 12.5. The zero-order valence-corrected chi connectivity index (χ0v) is 27.6. The van der Waals surface area contributed by atoms with Gasteiger partial charge in [0.05, 0.1) is 11.4 Å². The van der Waals surface area contributed by atoms with E-state index in [0.717, 1.165) is 0 Å². The number of anilines is 3. The van der Waals surface area contributed by atoms with Crippen molar-refractivity contribution in [1.29, 1.82) is 0 Å². The molecule has 1 atom stereocenters. The van der Waals surface area contributed by atoms with Crippen molar-refractivity contribution in [2.24, 2.45) is 0 Å². The zero-order chi connectivity index (χ0) is 32.5. The summed E-state index contributed by atoms with van der Waals surface area (Å²) in [6.45, 7) is 7.17. The maximum Gasteiger partial charge on any atom is 0.0503 e. The van der Waals surface area contributed by atoms with E-state index in [1.54, 1.807) is 0 Å². The molecule has 1 heterocycles. The minimum absolute atomic E-state index is 0.220. The first-order chi connectivity index (χ1) is 23.4. The topological polar surface area (TPSA) is 3.24 Å². The summed E-state index contributed by atoms with van der Waals surface area (Å²) in [6.07, 6.45) is 0. The van der Waals surface area contributed by atoms with Crippen molar-refractivity contribution in [2.75, 3.05) is 4.90 Å². The van der Waals surface area contributed by atoms with Crippen LogP contribution in [-0.2, 0) is 10.8 Å². The number of nitrogens with zero attached hydrogens (tertiary/aromatic N) is 1. The van der Waals surface area contributed by atoms with Crippen molar-refractivity contribution in [3.05, 3.63) is 198 Å². The molecule has 0 bridgehead atoms. The molecule has 0 spiro atoms. The minimum Gasteiger partial charge on any atom is -0.310 e. The standard InChI is InChI=1S/C47H37N/c1-46(2)42-29-34(32-15-7-4-8-16-32)23-27-44(42)48(45-28-24-35(30-43(45)46)33-17-9-5-10-18-33)37-25-26-39-38-21-13-14-22-40(38)47(3,41(39)31-37)36-19-11-6-12-20-36/h4-31H,1-3H3. The smallest absolute Gasteiger partial charge is 0.0503 e. The zero-order valence-electron chi connectivity index (χ0n) is 27.6. The Morgan fingerprint density at radius 2 is 0.875 bits per heavy atom. The van der Waals surface area contributed by atoms with Crippen LogP contribution < -0.4 is 4.90 Å². The normalized spacial score (nSPS) is 16.9. The van der Waals surface area contributed by atoms with Gasteiger partial charge >= 0.3 is 0 Å². The molecule has 9 rings (SSSR count). The molecule has 0 saturated heterocycles. The Hall–Kier alpha value is -5.66. The van der Waals surface area contributed by atoms with E-state index in [1.165, 1.54) is 78.3 Å². The van der Waals surface area contributed by atoms with Crippen LogP contribution in [0.3, 0.4) is 0 Å². The SMILES string of the molecule is CC1(C)c2cc(-c3ccccc3)ccc2N(c2ccc3c(c2)C(C)(c2ccccc2)c2ccccc2-3)c2ccc(-c3ccccc3)cc21. The number of rotatable bonds is 4. The second-order valence-corrected chi connectivity index (χ2v) is 13.9. The van der Waals surface area contributed by atoms with E-state index in [4.69, 9.17) is 0 Å². The molecule has 48 heavy (non-hydrogen) atoms. The van der Waals surface area contributed by atoms with Gasteiger partial charge in [-0.3, -0.25) is 0 Å². The molecule has 1 nitrogen and oxygen atoms in total. The quantitative estimate of drug-likeness (QED) is 0.190. The van der Waals surface area contributed by atoms with Gasteiger partial charge in [-0.05, 0) is 105 Å². The molecule has 1 aliphatic heterocycles. The lowest BCUT2D eigenvalue weighted by Crippen LogP contribution is -2.31. The molecule has 7 aromatic carbocycles. The summed E-state index contributed by atoms with van der Waals surface area (Å²) in [6, 6.07) is 62.7. The van der Waals surface area contributed by atoms with E-state index >= 15 is 0 Å². The van der Waals surface area contributed by atoms with Gasteiger partial charge in [0.2, 0.25) is 0 Å². The summed E-state index contributed by atoms with van der Waals surface area (Å²) in [5.74, 6) is 0. The Morgan fingerprint density at radius 3 is 1.46 bits per heavy atom. The lowest BCUT2D eigenvalue weighted by molar-refractivity contribution is 0.632. The van der Waals surface area contributed by atoms with Crippen LogP contribution in [0.25, 0.3) is 33.4 Å². The van der Waals surface area contributed by atoms with Crippen LogP contribution in [0.2, 0.25) is 0 Å². The first kappa shape index (κ1) is 28.6. The molecule has 2 aliphatic rings. The molecule has 0 radical (unpaired) electrons. The van der Waals surface area contributed by atoms with Crippen LogP contribution in [0.15, 0.2) is 170 Å². The van der Waals surface area contributed by atoms with E-state index in [2.05, 4.69) is 196 Å². The van der Waals surface area contributed by atoms with Crippen LogP contribution in [-0.4, -0.2) is 0 Å². The van der Waals surface area contributed by atoms with Crippen molar-refractivity contribution in [3.8, 4) is 33.4 Å². The summed E-state index contributed by atoms with van der Waals surface area (Å²) in [5, 5.41) is 0. The Kier molecular flexibility index (Phi) is 6.36. The lowest BCUT2D eigenvalue weighted by atomic mass is 9.72. The largest absolute Gasteiger partial charge is 0.310 e. The Labute approximate surface area is 283 Å².